The first-order chi connectivity index (χ1) is 7.67. The Kier molecular flexibility index (Phi) is 3.30. The third-order valence-corrected chi connectivity index (χ3v) is 3.37. The molecule has 4 heteroatoms. The van der Waals surface area contributed by atoms with Crippen LogP contribution < -0.4 is 5.73 Å². The number of nitrogens with zero attached hydrogens (tertiary/aromatic N) is 1. The van der Waals surface area contributed by atoms with E-state index in [9.17, 15) is 4.39 Å². The topological polar surface area (TPSA) is 30.9 Å². The molecule has 0 aliphatic heterocycles. The fourth-order valence-corrected chi connectivity index (χ4v) is 2.31. The van der Waals surface area contributed by atoms with Crippen molar-refractivity contribution < 1.29 is 4.39 Å². The van der Waals surface area contributed by atoms with Crippen LogP contribution in [0, 0.1) is 5.82 Å². The number of benzene rings is 1. The van der Waals surface area contributed by atoms with Gasteiger partial charge in [0, 0.05) is 23.6 Å². The van der Waals surface area contributed by atoms with Crippen LogP contribution in [0.1, 0.15) is 12.5 Å². The van der Waals surface area contributed by atoms with E-state index in [0.717, 1.165) is 29.4 Å². The number of fused-ring (bicyclic) bond motifs is 1. The molecule has 16 heavy (non-hydrogen) atoms. The van der Waals surface area contributed by atoms with E-state index >= 15 is 0 Å². The largest absolute Gasteiger partial charge is 0.347 e. The third-order valence-electron chi connectivity index (χ3n) is 2.76. The predicted molar refractivity (Wildman–Crippen MR) is 68.0 cm³/mol. The summed E-state index contributed by atoms with van der Waals surface area (Å²) in [5, 5.41) is 0.966. The monoisotopic (exact) mass is 284 g/mol. The molecule has 2 rings (SSSR count). The van der Waals surface area contributed by atoms with Gasteiger partial charge in [0.25, 0.3) is 0 Å². The number of halogens is 2. The molecule has 0 aliphatic carbocycles. The molecule has 1 heterocycles. The highest BCUT2D eigenvalue weighted by molar-refractivity contribution is 9.10. The summed E-state index contributed by atoms with van der Waals surface area (Å²) >= 11 is 3.21. The molecule has 0 saturated carbocycles. The van der Waals surface area contributed by atoms with E-state index in [0.29, 0.717) is 11.0 Å². The van der Waals surface area contributed by atoms with Crippen molar-refractivity contribution in [3.63, 3.8) is 0 Å². The summed E-state index contributed by atoms with van der Waals surface area (Å²) in [7, 11) is 0. The van der Waals surface area contributed by atoms with Gasteiger partial charge in [-0.05, 0) is 53.5 Å². The van der Waals surface area contributed by atoms with Crippen LogP contribution in [0.5, 0.6) is 0 Å². The lowest BCUT2D eigenvalue weighted by atomic mass is 10.1. The zero-order valence-electron chi connectivity index (χ0n) is 9.13. The Balaban J connectivity index is 2.69. The minimum atomic E-state index is -0.223. The Labute approximate surface area is 102 Å². The molecule has 0 spiro atoms. The summed E-state index contributed by atoms with van der Waals surface area (Å²) in [6.45, 7) is 3.53. The molecular weight excluding hydrogens is 271 g/mol. The van der Waals surface area contributed by atoms with Crippen LogP contribution in [0.2, 0.25) is 0 Å². The van der Waals surface area contributed by atoms with Crippen LogP contribution in [0.15, 0.2) is 22.8 Å². The number of hydrogen-bond acceptors (Lipinski definition) is 1. The fourth-order valence-electron chi connectivity index (χ4n) is 1.97. The van der Waals surface area contributed by atoms with E-state index in [4.69, 9.17) is 5.73 Å². The zero-order chi connectivity index (χ0) is 11.7. The first-order valence-electron chi connectivity index (χ1n) is 5.34. The average Bonchev–Trinajstić information content (AvgIpc) is 2.58. The van der Waals surface area contributed by atoms with Gasteiger partial charge in [0.15, 0.2) is 0 Å². The van der Waals surface area contributed by atoms with Gasteiger partial charge in [-0.15, -0.1) is 0 Å². The molecular formula is C12H14BrFN2. The lowest BCUT2D eigenvalue weighted by Crippen LogP contribution is -2.02. The lowest BCUT2D eigenvalue weighted by Gasteiger charge is -2.01. The van der Waals surface area contributed by atoms with Gasteiger partial charge in [0.05, 0.1) is 4.47 Å². The Morgan fingerprint density at radius 3 is 2.81 bits per heavy atom. The van der Waals surface area contributed by atoms with E-state index in [-0.39, 0.29) is 5.82 Å². The van der Waals surface area contributed by atoms with Crippen LogP contribution >= 0.6 is 15.9 Å². The zero-order valence-corrected chi connectivity index (χ0v) is 10.7. The number of aromatic nitrogens is 1. The highest BCUT2D eigenvalue weighted by Crippen LogP contribution is 2.27. The molecule has 0 bridgehead atoms. The summed E-state index contributed by atoms with van der Waals surface area (Å²) < 4.78 is 16.1. The average molecular weight is 285 g/mol. The minimum absolute atomic E-state index is 0.223. The number of hydrogen-bond donors (Lipinski definition) is 1. The van der Waals surface area contributed by atoms with Crippen LogP contribution in [0.4, 0.5) is 4.39 Å². The van der Waals surface area contributed by atoms with E-state index in [1.165, 1.54) is 0 Å². The van der Waals surface area contributed by atoms with Crippen LogP contribution in [0.3, 0.4) is 0 Å². The van der Waals surface area contributed by atoms with Gasteiger partial charge in [0.2, 0.25) is 0 Å². The van der Waals surface area contributed by atoms with Gasteiger partial charge in [0.1, 0.15) is 5.82 Å². The second-order valence-corrected chi connectivity index (χ2v) is 4.62. The Morgan fingerprint density at radius 1 is 1.44 bits per heavy atom. The van der Waals surface area contributed by atoms with Crippen LogP contribution in [-0.2, 0) is 13.0 Å². The second-order valence-electron chi connectivity index (χ2n) is 3.76. The molecule has 1 aromatic heterocycles. The molecule has 0 fully saturated rings. The minimum Gasteiger partial charge on any atom is -0.347 e. The van der Waals surface area contributed by atoms with E-state index in [1.54, 1.807) is 6.07 Å². The van der Waals surface area contributed by atoms with Crippen molar-refractivity contribution >= 4 is 26.8 Å². The maximum absolute atomic E-state index is 13.5. The van der Waals surface area contributed by atoms with Crippen molar-refractivity contribution in [2.45, 2.75) is 19.9 Å². The summed E-state index contributed by atoms with van der Waals surface area (Å²) in [6, 6.07) is 3.41. The summed E-state index contributed by atoms with van der Waals surface area (Å²) in [4.78, 5) is 0. The summed E-state index contributed by atoms with van der Waals surface area (Å²) in [6.07, 6.45) is 2.84. The molecule has 0 radical (unpaired) electrons. The van der Waals surface area contributed by atoms with Gasteiger partial charge in [-0.3, -0.25) is 0 Å². The molecule has 2 N–H and O–H groups in total. The van der Waals surface area contributed by atoms with Gasteiger partial charge in [-0.1, -0.05) is 0 Å². The third kappa shape index (κ3) is 1.87. The molecule has 86 valence electrons. The Hall–Kier alpha value is -0.870. The quantitative estimate of drug-likeness (QED) is 0.923. The molecule has 0 unspecified atom stereocenters. The van der Waals surface area contributed by atoms with E-state index < -0.39 is 0 Å². The van der Waals surface area contributed by atoms with Crippen molar-refractivity contribution in [1.82, 2.24) is 4.57 Å². The van der Waals surface area contributed by atoms with Crippen molar-refractivity contribution in [1.29, 1.82) is 0 Å². The van der Waals surface area contributed by atoms with Gasteiger partial charge in [-0.2, -0.15) is 0 Å². The maximum atomic E-state index is 13.5. The van der Waals surface area contributed by atoms with Crippen molar-refractivity contribution in [3.05, 3.63) is 34.2 Å². The standard InChI is InChI=1S/C12H14BrFN2/c1-2-16-7-8(3-4-15)9-5-11(14)10(13)6-12(9)16/h5-7H,2-4,15H2,1H3. The highest BCUT2D eigenvalue weighted by atomic mass is 79.9. The molecule has 0 atom stereocenters. The van der Waals surface area contributed by atoms with Gasteiger partial charge in [-0.25, -0.2) is 4.39 Å². The fraction of sp³-hybridized carbons (Fsp3) is 0.333. The van der Waals surface area contributed by atoms with Crippen molar-refractivity contribution in [3.8, 4) is 0 Å². The second kappa shape index (κ2) is 4.55. The van der Waals surface area contributed by atoms with Crippen LogP contribution in [0.25, 0.3) is 10.9 Å². The van der Waals surface area contributed by atoms with Crippen molar-refractivity contribution in [2.24, 2.45) is 5.73 Å². The first-order valence-corrected chi connectivity index (χ1v) is 6.13. The molecule has 0 saturated heterocycles. The molecule has 0 aliphatic rings. The molecule has 2 nitrogen and oxygen atoms in total. The maximum Gasteiger partial charge on any atom is 0.138 e. The van der Waals surface area contributed by atoms with Gasteiger partial charge < -0.3 is 10.3 Å². The van der Waals surface area contributed by atoms with Gasteiger partial charge >= 0.3 is 0 Å². The number of aryl methyl sites for hydroxylation is 1. The smallest absolute Gasteiger partial charge is 0.138 e. The number of nitrogens with two attached hydrogens (primary N) is 1. The number of rotatable bonds is 3. The highest BCUT2D eigenvalue weighted by Gasteiger charge is 2.10. The first kappa shape index (κ1) is 11.6. The van der Waals surface area contributed by atoms with Crippen LogP contribution in [-0.4, -0.2) is 11.1 Å². The van der Waals surface area contributed by atoms with Crippen molar-refractivity contribution in [2.75, 3.05) is 6.54 Å². The Bertz CT molecular complexity index is 519. The SMILES string of the molecule is CCn1cc(CCN)c2cc(F)c(Br)cc21. The Morgan fingerprint density at radius 2 is 2.19 bits per heavy atom. The van der Waals surface area contributed by atoms with E-state index in [2.05, 4.69) is 33.6 Å². The molecule has 1 aromatic carbocycles. The lowest BCUT2D eigenvalue weighted by molar-refractivity contribution is 0.622. The van der Waals surface area contributed by atoms with E-state index in [1.807, 2.05) is 6.07 Å². The summed E-state index contributed by atoms with van der Waals surface area (Å²) in [5.41, 5.74) is 7.73. The summed E-state index contributed by atoms with van der Waals surface area (Å²) in [5.74, 6) is -0.223. The molecule has 2 aromatic rings. The normalized spacial score (nSPS) is 11.2. The molecule has 0 amide bonds. The predicted octanol–water partition coefficient (Wildman–Crippen LogP) is 3.06.